The van der Waals surface area contributed by atoms with Crippen molar-refractivity contribution in [2.24, 2.45) is 5.92 Å². The maximum Gasteiger partial charge on any atom is 0.306 e. The summed E-state index contributed by atoms with van der Waals surface area (Å²) in [5.74, 6) is -1.15. The molecule has 0 aliphatic carbocycles. The SMILES string of the molecule is O=C(O)C1CCN(C(=O)c2cccc(Nc3ccccc3)c2)CC1. The van der Waals surface area contributed by atoms with Crippen LogP contribution in [0.15, 0.2) is 54.6 Å². The summed E-state index contributed by atoms with van der Waals surface area (Å²) in [5.41, 5.74) is 2.43. The minimum Gasteiger partial charge on any atom is -0.481 e. The predicted octanol–water partition coefficient (Wildman–Crippen LogP) is 3.37. The number of carboxylic acids is 1. The number of aliphatic carboxylic acids is 1. The van der Waals surface area contributed by atoms with E-state index >= 15 is 0 Å². The summed E-state index contributed by atoms with van der Waals surface area (Å²) in [6, 6.07) is 17.2. The zero-order valence-corrected chi connectivity index (χ0v) is 13.3. The zero-order chi connectivity index (χ0) is 16.9. The van der Waals surface area contributed by atoms with Gasteiger partial charge in [-0.2, -0.15) is 0 Å². The molecular weight excluding hydrogens is 304 g/mol. The van der Waals surface area contributed by atoms with Crippen molar-refractivity contribution in [1.82, 2.24) is 4.90 Å². The maximum absolute atomic E-state index is 12.6. The number of nitrogens with one attached hydrogen (secondary N) is 1. The lowest BCUT2D eigenvalue weighted by atomic mass is 9.96. The van der Waals surface area contributed by atoms with Crippen molar-refractivity contribution in [2.75, 3.05) is 18.4 Å². The Morgan fingerprint density at radius 2 is 1.62 bits per heavy atom. The first kappa shape index (κ1) is 16.1. The zero-order valence-electron chi connectivity index (χ0n) is 13.3. The fraction of sp³-hybridized carbons (Fsp3) is 0.263. The first-order valence-corrected chi connectivity index (χ1v) is 8.08. The van der Waals surface area contributed by atoms with E-state index in [1.807, 2.05) is 48.5 Å². The van der Waals surface area contributed by atoms with Crippen LogP contribution in [0.5, 0.6) is 0 Å². The molecule has 1 fully saturated rings. The second-order valence-corrected chi connectivity index (χ2v) is 5.98. The standard InChI is InChI=1S/C19H20N2O3/c22-18(21-11-9-14(10-12-21)19(23)24)15-5-4-8-17(13-15)20-16-6-2-1-3-7-16/h1-8,13-14,20H,9-12H2,(H,23,24). The second kappa shape index (κ2) is 7.17. The molecule has 24 heavy (non-hydrogen) atoms. The number of rotatable bonds is 4. The normalized spacial score (nSPS) is 15.1. The van der Waals surface area contributed by atoms with Crippen LogP contribution in [0, 0.1) is 5.92 Å². The van der Waals surface area contributed by atoms with Gasteiger partial charge in [0, 0.05) is 30.0 Å². The lowest BCUT2D eigenvalue weighted by Crippen LogP contribution is -2.40. The van der Waals surface area contributed by atoms with Gasteiger partial charge in [-0.05, 0) is 43.2 Å². The number of nitrogens with zero attached hydrogens (tertiary/aromatic N) is 1. The first-order chi connectivity index (χ1) is 11.6. The summed E-state index contributed by atoms with van der Waals surface area (Å²) in [4.78, 5) is 25.4. The number of anilines is 2. The van der Waals surface area contributed by atoms with Gasteiger partial charge in [0.05, 0.1) is 5.92 Å². The number of hydrogen-bond acceptors (Lipinski definition) is 3. The third-order valence-electron chi connectivity index (χ3n) is 4.30. The summed E-state index contributed by atoms with van der Waals surface area (Å²) in [7, 11) is 0. The lowest BCUT2D eigenvalue weighted by Gasteiger charge is -2.30. The van der Waals surface area contributed by atoms with Crippen LogP contribution < -0.4 is 5.32 Å². The number of carbonyl (C=O) groups is 2. The van der Waals surface area contributed by atoms with Crippen molar-refractivity contribution in [3.63, 3.8) is 0 Å². The number of amides is 1. The highest BCUT2D eigenvalue weighted by Crippen LogP contribution is 2.22. The number of piperidine rings is 1. The largest absolute Gasteiger partial charge is 0.481 e. The molecule has 0 atom stereocenters. The van der Waals surface area contributed by atoms with E-state index in [9.17, 15) is 9.59 Å². The number of carbonyl (C=O) groups excluding carboxylic acids is 1. The Kier molecular flexibility index (Phi) is 4.79. The third-order valence-corrected chi connectivity index (χ3v) is 4.30. The van der Waals surface area contributed by atoms with Gasteiger partial charge < -0.3 is 15.3 Å². The fourth-order valence-corrected chi connectivity index (χ4v) is 2.93. The van der Waals surface area contributed by atoms with E-state index in [1.54, 1.807) is 11.0 Å². The van der Waals surface area contributed by atoms with Gasteiger partial charge in [0.1, 0.15) is 0 Å². The Morgan fingerprint density at radius 1 is 0.958 bits per heavy atom. The van der Waals surface area contributed by atoms with Crippen LogP contribution >= 0.6 is 0 Å². The molecule has 0 spiro atoms. The smallest absolute Gasteiger partial charge is 0.306 e. The van der Waals surface area contributed by atoms with Crippen molar-refractivity contribution in [3.05, 3.63) is 60.2 Å². The number of likely N-dealkylation sites (tertiary alicyclic amines) is 1. The Morgan fingerprint density at radius 3 is 2.29 bits per heavy atom. The molecule has 5 heteroatoms. The van der Waals surface area contributed by atoms with Crippen molar-refractivity contribution in [2.45, 2.75) is 12.8 Å². The second-order valence-electron chi connectivity index (χ2n) is 5.98. The molecule has 3 rings (SSSR count). The minimum atomic E-state index is -0.767. The molecule has 2 aromatic rings. The van der Waals surface area contributed by atoms with Gasteiger partial charge in [-0.15, -0.1) is 0 Å². The van der Waals surface area contributed by atoms with Gasteiger partial charge in [0.2, 0.25) is 0 Å². The molecule has 5 nitrogen and oxygen atoms in total. The summed E-state index contributed by atoms with van der Waals surface area (Å²) < 4.78 is 0. The van der Waals surface area contributed by atoms with Crippen LogP contribution in [-0.4, -0.2) is 35.0 Å². The van der Waals surface area contributed by atoms with Crippen molar-refractivity contribution >= 4 is 23.3 Å². The summed E-state index contributed by atoms with van der Waals surface area (Å²) in [6.07, 6.45) is 1.03. The molecule has 1 aliphatic heterocycles. The molecule has 2 aromatic carbocycles. The van der Waals surface area contributed by atoms with Crippen molar-refractivity contribution < 1.29 is 14.7 Å². The molecule has 0 aromatic heterocycles. The van der Waals surface area contributed by atoms with E-state index in [-0.39, 0.29) is 11.8 Å². The number of benzene rings is 2. The molecule has 1 saturated heterocycles. The fourth-order valence-electron chi connectivity index (χ4n) is 2.93. The molecule has 2 N–H and O–H groups in total. The van der Waals surface area contributed by atoms with Gasteiger partial charge in [0.25, 0.3) is 5.91 Å². The summed E-state index contributed by atoms with van der Waals surface area (Å²) in [5, 5.41) is 12.3. The highest BCUT2D eigenvalue weighted by molar-refractivity contribution is 5.95. The summed E-state index contributed by atoms with van der Waals surface area (Å²) in [6.45, 7) is 0.984. The van der Waals surface area contributed by atoms with Crippen LogP contribution in [0.4, 0.5) is 11.4 Å². The van der Waals surface area contributed by atoms with Gasteiger partial charge in [0.15, 0.2) is 0 Å². The molecule has 0 bridgehead atoms. The van der Waals surface area contributed by atoms with Crippen molar-refractivity contribution in [3.8, 4) is 0 Å². The molecule has 124 valence electrons. The third kappa shape index (κ3) is 3.74. The van der Waals surface area contributed by atoms with Crippen LogP contribution in [0.25, 0.3) is 0 Å². The minimum absolute atomic E-state index is 0.0458. The summed E-state index contributed by atoms with van der Waals surface area (Å²) >= 11 is 0. The quantitative estimate of drug-likeness (QED) is 0.905. The molecule has 0 saturated carbocycles. The maximum atomic E-state index is 12.6. The monoisotopic (exact) mass is 324 g/mol. The van der Waals surface area contributed by atoms with E-state index < -0.39 is 5.97 Å². The van der Waals surface area contributed by atoms with E-state index in [1.165, 1.54) is 0 Å². The van der Waals surface area contributed by atoms with Crippen LogP contribution in [0.2, 0.25) is 0 Å². The highest BCUT2D eigenvalue weighted by Gasteiger charge is 2.27. The van der Waals surface area contributed by atoms with Crippen LogP contribution in [0.1, 0.15) is 23.2 Å². The van der Waals surface area contributed by atoms with Gasteiger partial charge in [-0.1, -0.05) is 24.3 Å². The average Bonchev–Trinajstić information content (AvgIpc) is 2.62. The van der Waals surface area contributed by atoms with Crippen LogP contribution in [-0.2, 0) is 4.79 Å². The predicted molar refractivity (Wildman–Crippen MR) is 92.4 cm³/mol. The van der Waals surface area contributed by atoms with E-state index in [0.717, 1.165) is 11.4 Å². The molecule has 0 unspecified atom stereocenters. The Bertz CT molecular complexity index is 722. The van der Waals surface area contributed by atoms with Crippen LogP contribution in [0.3, 0.4) is 0 Å². The molecule has 1 heterocycles. The average molecular weight is 324 g/mol. The lowest BCUT2D eigenvalue weighted by molar-refractivity contribution is -0.143. The molecule has 0 radical (unpaired) electrons. The molecule has 1 amide bonds. The van der Waals surface area contributed by atoms with Gasteiger partial charge in [-0.3, -0.25) is 9.59 Å². The Labute approximate surface area is 140 Å². The number of carboxylic acid groups (broad SMARTS) is 1. The highest BCUT2D eigenvalue weighted by atomic mass is 16.4. The molecule has 1 aliphatic rings. The van der Waals surface area contributed by atoms with E-state index in [2.05, 4.69) is 5.32 Å². The van der Waals surface area contributed by atoms with E-state index in [4.69, 9.17) is 5.11 Å². The van der Waals surface area contributed by atoms with Gasteiger partial charge >= 0.3 is 5.97 Å². The molecular formula is C19H20N2O3. The number of hydrogen-bond donors (Lipinski definition) is 2. The first-order valence-electron chi connectivity index (χ1n) is 8.08. The van der Waals surface area contributed by atoms with E-state index in [0.29, 0.717) is 31.5 Å². The topological polar surface area (TPSA) is 69.6 Å². The Balaban J connectivity index is 1.67. The number of para-hydroxylation sites is 1. The Hall–Kier alpha value is -2.82. The van der Waals surface area contributed by atoms with Crippen molar-refractivity contribution in [1.29, 1.82) is 0 Å². The van der Waals surface area contributed by atoms with Gasteiger partial charge in [-0.25, -0.2) is 0 Å².